The van der Waals surface area contributed by atoms with Crippen molar-refractivity contribution in [3.63, 3.8) is 0 Å². The van der Waals surface area contributed by atoms with Crippen LogP contribution in [0, 0.1) is 6.92 Å². The summed E-state index contributed by atoms with van der Waals surface area (Å²) >= 11 is 7.49. The van der Waals surface area contributed by atoms with Crippen LogP contribution in [0.2, 0.25) is 5.15 Å². The molecule has 2 rings (SSSR count). The predicted octanol–water partition coefficient (Wildman–Crippen LogP) is 3.93. The van der Waals surface area contributed by atoms with E-state index in [0.29, 0.717) is 10.3 Å². The number of halogens is 1. The molecule has 94 valence electrons. The smallest absolute Gasteiger partial charge is 0.190 e. The molecule has 0 aliphatic carbocycles. The molecule has 1 aromatic carbocycles. The minimum atomic E-state index is 0.463. The molecule has 0 fully saturated rings. The van der Waals surface area contributed by atoms with Crippen LogP contribution in [-0.4, -0.2) is 23.3 Å². The van der Waals surface area contributed by atoms with E-state index in [-0.39, 0.29) is 0 Å². The lowest BCUT2D eigenvalue weighted by Gasteiger charge is -2.20. The lowest BCUT2D eigenvalue weighted by molar-refractivity contribution is 0.944. The van der Waals surface area contributed by atoms with Crippen molar-refractivity contribution in [1.82, 2.24) is 9.97 Å². The predicted molar refractivity (Wildman–Crippen MR) is 78.1 cm³/mol. The molecular weight excluding hydrogens is 266 g/mol. The van der Waals surface area contributed by atoms with Crippen LogP contribution in [0.25, 0.3) is 0 Å². The van der Waals surface area contributed by atoms with Crippen molar-refractivity contribution in [1.29, 1.82) is 0 Å². The van der Waals surface area contributed by atoms with E-state index in [4.69, 9.17) is 11.6 Å². The first-order valence-corrected chi connectivity index (χ1v) is 7.10. The summed E-state index contributed by atoms with van der Waals surface area (Å²) in [6.45, 7) is 2.07. The zero-order chi connectivity index (χ0) is 13.1. The minimum absolute atomic E-state index is 0.463. The molecule has 0 aliphatic heterocycles. The minimum Gasteiger partial charge on any atom is -0.329 e. The summed E-state index contributed by atoms with van der Waals surface area (Å²) in [4.78, 5) is 10.6. The van der Waals surface area contributed by atoms with Crippen molar-refractivity contribution in [3.05, 3.63) is 41.0 Å². The van der Waals surface area contributed by atoms with Crippen LogP contribution in [0.5, 0.6) is 0 Å². The monoisotopic (exact) mass is 279 g/mol. The number of aromatic nitrogens is 2. The van der Waals surface area contributed by atoms with Crippen LogP contribution >= 0.6 is 23.4 Å². The van der Waals surface area contributed by atoms with Gasteiger partial charge in [0.25, 0.3) is 0 Å². The number of para-hydroxylation sites is 1. The molecule has 2 aromatic rings. The summed E-state index contributed by atoms with van der Waals surface area (Å²) in [7, 11) is 1.98. The maximum atomic E-state index is 6.01. The fourth-order valence-corrected chi connectivity index (χ4v) is 2.31. The van der Waals surface area contributed by atoms with Gasteiger partial charge in [0.05, 0.1) is 0 Å². The highest BCUT2D eigenvalue weighted by molar-refractivity contribution is 7.98. The molecule has 0 amide bonds. The Morgan fingerprint density at radius 1 is 1.22 bits per heavy atom. The number of nitrogens with zero attached hydrogens (tertiary/aromatic N) is 3. The van der Waals surface area contributed by atoms with Gasteiger partial charge in [0.15, 0.2) is 5.16 Å². The molecule has 3 nitrogen and oxygen atoms in total. The van der Waals surface area contributed by atoms with Gasteiger partial charge in [0, 0.05) is 18.8 Å². The van der Waals surface area contributed by atoms with Gasteiger partial charge >= 0.3 is 0 Å². The maximum Gasteiger partial charge on any atom is 0.190 e. The van der Waals surface area contributed by atoms with E-state index in [9.17, 15) is 0 Å². The van der Waals surface area contributed by atoms with Gasteiger partial charge in [-0.3, -0.25) is 0 Å². The van der Waals surface area contributed by atoms with Crippen molar-refractivity contribution in [3.8, 4) is 0 Å². The van der Waals surface area contributed by atoms with Gasteiger partial charge in [0.2, 0.25) is 0 Å². The number of thioether (sulfide) groups is 1. The Hall–Kier alpha value is -1.26. The van der Waals surface area contributed by atoms with E-state index >= 15 is 0 Å². The molecule has 0 bridgehead atoms. The summed E-state index contributed by atoms with van der Waals surface area (Å²) in [6, 6.07) is 9.94. The topological polar surface area (TPSA) is 29.0 Å². The number of benzene rings is 1. The Morgan fingerprint density at radius 3 is 2.61 bits per heavy atom. The molecule has 0 N–H and O–H groups in total. The van der Waals surface area contributed by atoms with E-state index in [1.165, 1.54) is 17.3 Å². The summed E-state index contributed by atoms with van der Waals surface area (Å²) in [5.74, 6) is 0.800. The molecule has 0 unspecified atom stereocenters. The van der Waals surface area contributed by atoms with E-state index in [1.54, 1.807) is 6.07 Å². The van der Waals surface area contributed by atoms with Crippen LogP contribution in [0.3, 0.4) is 0 Å². The Labute approximate surface area is 116 Å². The van der Waals surface area contributed by atoms with Crippen LogP contribution in [0.15, 0.2) is 35.5 Å². The van der Waals surface area contributed by atoms with Crippen LogP contribution in [0.1, 0.15) is 5.56 Å². The molecule has 18 heavy (non-hydrogen) atoms. The van der Waals surface area contributed by atoms with Crippen LogP contribution in [-0.2, 0) is 0 Å². The van der Waals surface area contributed by atoms with Crippen molar-refractivity contribution >= 4 is 34.9 Å². The SMILES string of the molecule is CSc1nc(Cl)cc(N(C)c2ccccc2C)n1. The Balaban J connectivity index is 2.43. The van der Waals surface area contributed by atoms with E-state index < -0.39 is 0 Å². The van der Waals surface area contributed by atoms with Gasteiger partial charge in [-0.2, -0.15) is 0 Å². The Bertz CT molecular complexity index is 560. The second-order valence-corrected chi connectivity index (χ2v) is 5.04. The molecule has 0 atom stereocenters. The summed E-state index contributed by atoms with van der Waals surface area (Å²) in [6.07, 6.45) is 1.93. The van der Waals surface area contributed by atoms with Crippen molar-refractivity contribution in [2.24, 2.45) is 0 Å². The highest BCUT2D eigenvalue weighted by Crippen LogP contribution is 2.27. The van der Waals surface area contributed by atoms with E-state index in [2.05, 4.69) is 29.0 Å². The van der Waals surface area contributed by atoms with Gasteiger partial charge < -0.3 is 4.90 Å². The molecule has 0 aliphatic rings. The summed E-state index contributed by atoms with van der Waals surface area (Å²) in [5.41, 5.74) is 2.31. The molecule has 0 radical (unpaired) electrons. The molecule has 1 heterocycles. The Kier molecular flexibility index (Phi) is 4.09. The standard InChI is InChI=1S/C13H14ClN3S/c1-9-6-4-5-7-10(9)17(2)12-8-11(14)15-13(16-12)18-3/h4-8H,1-3H3. The molecule has 0 spiro atoms. The second-order valence-electron chi connectivity index (χ2n) is 3.88. The summed E-state index contributed by atoms with van der Waals surface area (Å²) < 4.78 is 0. The average molecular weight is 280 g/mol. The van der Waals surface area contributed by atoms with Crippen LogP contribution in [0.4, 0.5) is 11.5 Å². The number of hydrogen-bond acceptors (Lipinski definition) is 4. The summed E-state index contributed by atoms with van der Waals surface area (Å²) in [5, 5.41) is 1.14. The molecular formula is C13H14ClN3S. The molecule has 5 heteroatoms. The van der Waals surface area contributed by atoms with Gasteiger partial charge in [-0.05, 0) is 24.8 Å². The van der Waals surface area contributed by atoms with Crippen molar-refractivity contribution in [2.45, 2.75) is 12.1 Å². The lowest BCUT2D eigenvalue weighted by atomic mass is 10.2. The van der Waals surface area contributed by atoms with Crippen LogP contribution < -0.4 is 4.90 Å². The van der Waals surface area contributed by atoms with Crippen molar-refractivity contribution in [2.75, 3.05) is 18.2 Å². The first kappa shape index (κ1) is 13.2. The fraction of sp³-hybridized carbons (Fsp3) is 0.231. The van der Waals surface area contributed by atoms with Crippen molar-refractivity contribution < 1.29 is 0 Å². The zero-order valence-corrected chi connectivity index (χ0v) is 12.1. The Morgan fingerprint density at radius 2 is 1.94 bits per heavy atom. The number of aryl methyl sites for hydroxylation is 1. The van der Waals surface area contributed by atoms with Gasteiger partial charge in [-0.15, -0.1) is 0 Å². The number of anilines is 2. The zero-order valence-electron chi connectivity index (χ0n) is 10.5. The third kappa shape index (κ3) is 2.76. The first-order chi connectivity index (χ1) is 8.61. The highest BCUT2D eigenvalue weighted by Gasteiger charge is 2.10. The highest BCUT2D eigenvalue weighted by atomic mass is 35.5. The van der Waals surface area contributed by atoms with Gasteiger partial charge in [-0.25, -0.2) is 9.97 Å². The molecule has 1 aromatic heterocycles. The fourth-order valence-electron chi connectivity index (χ4n) is 1.71. The normalized spacial score (nSPS) is 10.4. The van der Waals surface area contributed by atoms with Gasteiger partial charge in [0.1, 0.15) is 11.0 Å². The maximum absolute atomic E-state index is 6.01. The van der Waals surface area contributed by atoms with Gasteiger partial charge in [-0.1, -0.05) is 41.6 Å². The third-order valence-corrected chi connectivity index (χ3v) is 3.41. The number of rotatable bonds is 3. The second kappa shape index (κ2) is 5.59. The molecule has 0 saturated carbocycles. The third-order valence-electron chi connectivity index (χ3n) is 2.66. The number of hydrogen-bond donors (Lipinski definition) is 0. The molecule has 0 saturated heterocycles. The van der Waals surface area contributed by atoms with E-state index in [1.807, 2.05) is 30.3 Å². The lowest BCUT2D eigenvalue weighted by Crippen LogP contribution is -2.13. The largest absolute Gasteiger partial charge is 0.329 e. The first-order valence-electron chi connectivity index (χ1n) is 5.49. The van der Waals surface area contributed by atoms with E-state index in [0.717, 1.165) is 11.5 Å². The quantitative estimate of drug-likeness (QED) is 0.484. The average Bonchev–Trinajstić information content (AvgIpc) is 2.37.